The number of nitrogens with zero attached hydrogens (tertiary/aromatic N) is 2. The van der Waals surface area contributed by atoms with Gasteiger partial charge in [0.2, 0.25) is 5.91 Å². The maximum absolute atomic E-state index is 13.8. The number of amides is 1. The summed E-state index contributed by atoms with van der Waals surface area (Å²) in [5.41, 5.74) is 4.15. The molecule has 170 valence electrons. The Kier molecular flexibility index (Phi) is 7.33. The van der Waals surface area contributed by atoms with Gasteiger partial charge in [0.1, 0.15) is 4.83 Å². The Balaban J connectivity index is 1.73. The van der Waals surface area contributed by atoms with Crippen LogP contribution in [0.3, 0.4) is 0 Å². The number of fused-ring (bicyclic) bond motifs is 3. The largest absolute Gasteiger partial charge is 0.385 e. The zero-order chi connectivity index (χ0) is 22.7. The molecule has 3 aromatic rings. The second-order valence-electron chi connectivity index (χ2n) is 8.20. The van der Waals surface area contributed by atoms with Crippen molar-refractivity contribution in [3.63, 3.8) is 0 Å². The van der Waals surface area contributed by atoms with Crippen LogP contribution >= 0.6 is 23.1 Å². The fraction of sp³-hybridized carbons (Fsp3) is 0.458. The van der Waals surface area contributed by atoms with Crippen molar-refractivity contribution in [1.29, 1.82) is 0 Å². The highest BCUT2D eigenvalue weighted by atomic mass is 32.2. The first-order valence-electron chi connectivity index (χ1n) is 11.0. The lowest BCUT2D eigenvalue weighted by atomic mass is 9.97. The molecule has 2 aromatic heterocycles. The van der Waals surface area contributed by atoms with E-state index in [4.69, 9.17) is 9.72 Å². The average Bonchev–Trinajstić information content (AvgIpc) is 3.15. The van der Waals surface area contributed by atoms with Crippen molar-refractivity contribution >= 4 is 39.2 Å². The van der Waals surface area contributed by atoms with E-state index in [0.717, 1.165) is 59.1 Å². The molecule has 0 bridgehead atoms. The van der Waals surface area contributed by atoms with Gasteiger partial charge in [0.05, 0.1) is 16.8 Å². The highest BCUT2D eigenvalue weighted by molar-refractivity contribution is 7.99. The topological polar surface area (TPSA) is 73.2 Å². The summed E-state index contributed by atoms with van der Waals surface area (Å²) < 4.78 is 6.73. The minimum atomic E-state index is -0.0712. The Hall–Kier alpha value is -2.16. The molecule has 8 heteroatoms. The number of methoxy groups -OCH3 is 1. The fourth-order valence-electron chi connectivity index (χ4n) is 4.18. The normalized spacial score (nSPS) is 13.3. The molecule has 1 aromatic carbocycles. The number of hydrogen-bond donors (Lipinski definition) is 1. The summed E-state index contributed by atoms with van der Waals surface area (Å²) >= 11 is 2.96. The Morgan fingerprint density at radius 2 is 2.09 bits per heavy atom. The number of rotatable bonds is 8. The van der Waals surface area contributed by atoms with Crippen molar-refractivity contribution in [3.05, 3.63) is 50.1 Å². The van der Waals surface area contributed by atoms with Gasteiger partial charge in [-0.1, -0.05) is 29.5 Å². The van der Waals surface area contributed by atoms with Gasteiger partial charge in [-0.25, -0.2) is 4.98 Å². The van der Waals surface area contributed by atoms with Gasteiger partial charge in [-0.2, -0.15) is 0 Å². The minimum Gasteiger partial charge on any atom is -0.385 e. The first kappa shape index (κ1) is 23.0. The van der Waals surface area contributed by atoms with Crippen LogP contribution in [-0.2, 0) is 22.4 Å². The quantitative estimate of drug-likeness (QED) is 0.303. The van der Waals surface area contributed by atoms with Crippen LogP contribution in [0.2, 0.25) is 0 Å². The molecule has 0 fully saturated rings. The second kappa shape index (κ2) is 10.2. The molecule has 4 rings (SSSR count). The molecule has 0 atom stereocenters. The van der Waals surface area contributed by atoms with E-state index in [1.165, 1.54) is 22.2 Å². The van der Waals surface area contributed by atoms with Gasteiger partial charge < -0.3 is 10.1 Å². The number of thiophene rings is 1. The van der Waals surface area contributed by atoms with E-state index in [2.05, 4.69) is 11.4 Å². The van der Waals surface area contributed by atoms with Crippen molar-refractivity contribution in [2.45, 2.75) is 51.1 Å². The Labute approximate surface area is 196 Å². The van der Waals surface area contributed by atoms with Gasteiger partial charge in [0.25, 0.3) is 5.56 Å². The molecule has 0 saturated carbocycles. The number of carbonyl (C=O) groups excluding carboxylic acids is 1. The second-order valence-corrected chi connectivity index (χ2v) is 10.2. The number of thioether (sulfide) groups is 1. The number of nitrogens with one attached hydrogen (secondary N) is 1. The van der Waals surface area contributed by atoms with E-state index in [1.807, 2.05) is 26.0 Å². The van der Waals surface area contributed by atoms with Crippen molar-refractivity contribution < 1.29 is 9.53 Å². The predicted molar refractivity (Wildman–Crippen MR) is 132 cm³/mol. The fourth-order valence-corrected chi connectivity index (χ4v) is 6.32. The summed E-state index contributed by atoms with van der Waals surface area (Å²) in [6.07, 6.45) is 5.00. The van der Waals surface area contributed by atoms with Gasteiger partial charge in [0.15, 0.2) is 5.16 Å². The van der Waals surface area contributed by atoms with E-state index in [-0.39, 0.29) is 17.2 Å². The molecule has 0 radical (unpaired) electrons. The summed E-state index contributed by atoms with van der Waals surface area (Å²) in [7, 11) is 1.65. The molecule has 32 heavy (non-hydrogen) atoms. The molecular formula is C24H29N3O3S2. The van der Waals surface area contributed by atoms with Crippen molar-refractivity contribution in [2.24, 2.45) is 0 Å². The molecule has 1 aliphatic carbocycles. The van der Waals surface area contributed by atoms with Crippen LogP contribution in [0.25, 0.3) is 15.9 Å². The molecule has 1 N–H and O–H groups in total. The maximum atomic E-state index is 13.8. The van der Waals surface area contributed by atoms with Crippen LogP contribution in [0.15, 0.2) is 28.2 Å². The van der Waals surface area contributed by atoms with Crippen molar-refractivity contribution in [1.82, 2.24) is 14.9 Å². The number of ether oxygens (including phenoxy) is 1. The molecule has 0 unspecified atom stereocenters. The number of aromatic nitrogens is 2. The number of benzene rings is 1. The van der Waals surface area contributed by atoms with Gasteiger partial charge in [0, 0.05) is 25.1 Å². The summed E-state index contributed by atoms with van der Waals surface area (Å²) in [6, 6.07) is 6.07. The van der Waals surface area contributed by atoms with Gasteiger partial charge in [-0.05, 0) is 63.1 Å². The summed E-state index contributed by atoms with van der Waals surface area (Å²) in [6.45, 7) is 5.24. The van der Waals surface area contributed by atoms with E-state index < -0.39 is 0 Å². The van der Waals surface area contributed by atoms with Crippen molar-refractivity contribution in [3.8, 4) is 5.69 Å². The number of hydrogen-bond acceptors (Lipinski definition) is 6. The molecule has 0 spiro atoms. The summed E-state index contributed by atoms with van der Waals surface area (Å²) in [4.78, 5) is 33.2. The summed E-state index contributed by atoms with van der Waals surface area (Å²) in [5.74, 6) is 0.138. The Morgan fingerprint density at radius 3 is 2.88 bits per heavy atom. The van der Waals surface area contributed by atoms with Crippen LogP contribution in [0.5, 0.6) is 0 Å². The van der Waals surface area contributed by atoms with Crippen LogP contribution in [0.4, 0.5) is 0 Å². The molecule has 1 aliphatic rings. The van der Waals surface area contributed by atoms with E-state index >= 15 is 0 Å². The van der Waals surface area contributed by atoms with Crippen molar-refractivity contribution in [2.75, 3.05) is 26.0 Å². The molecule has 6 nitrogen and oxygen atoms in total. The smallest absolute Gasteiger partial charge is 0.267 e. The SMILES string of the molecule is COCCCNC(=O)CSc1nc2sc3c(c2c(=O)n1-c1ccc(C)cc1C)CCCC3. The lowest BCUT2D eigenvalue weighted by Gasteiger charge is -2.15. The lowest BCUT2D eigenvalue weighted by Crippen LogP contribution is -2.28. The predicted octanol–water partition coefficient (Wildman–Crippen LogP) is 4.19. The Morgan fingerprint density at radius 1 is 1.28 bits per heavy atom. The van der Waals surface area contributed by atoms with Crippen LogP contribution in [0, 0.1) is 13.8 Å². The van der Waals surface area contributed by atoms with Gasteiger partial charge in [-0.3, -0.25) is 14.2 Å². The highest BCUT2D eigenvalue weighted by Gasteiger charge is 2.23. The third kappa shape index (κ3) is 4.77. The first-order valence-corrected chi connectivity index (χ1v) is 12.8. The standard InChI is InChI=1S/C24H29N3O3S2/c1-15-9-10-18(16(2)13-15)27-23(29)21-17-7-4-5-8-19(17)32-22(21)26-24(27)31-14-20(28)25-11-6-12-30-3/h9-10,13H,4-8,11-12,14H2,1-3H3,(H,25,28). The monoisotopic (exact) mass is 471 g/mol. The third-order valence-electron chi connectivity index (χ3n) is 5.73. The van der Waals surface area contributed by atoms with Gasteiger partial charge >= 0.3 is 0 Å². The first-order chi connectivity index (χ1) is 15.5. The number of carbonyl (C=O) groups is 1. The molecule has 0 aliphatic heterocycles. The highest BCUT2D eigenvalue weighted by Crippen LogP contribution is 2.35. The van der Waals surface area contributed by atoms with Crippen LogP contribution in [0.1, 0.15) is 40.8 Å². The van der Waals surface area contributed by atoms with E-state index in [0.29, 0.717) is 18.3 Å². The van der Waals surface area contributed by atoms with Gasteiger partial charge in [-0.15, -0.1) is 11.3 Å². The lowest BCUT2D eigenvalue weighted by molar-refractivity contribution is -0.118. The third-order valence-corrected chi connectivity index (χ3v) is 7.86. The van der Waals surface area contributed by atoms with E-state index in [9.17, 15) is 9.59 Å². The summed E-state index contributed by atoms with van der Waals surface area (Å²) in [5, 5.41) is 4.24. The molecular weight excluding hydrogens is 442 g/mol. The Bertz CT molecular complexity index is 1200. The van der Waals surface area contributed by atoms with Crippen LogP contribution < -0.4 is 10.9 Å². The average molecular weight is 472 g/mol. The zero-order valence-electron chi connectivity index (χ0n) is 18.8. The number of aryl methyl sites for hydroxylation is 4. The zero-order valence-corrected chi connectivity index (χ0v) is 20.5. The molecule has 0 saturated heterocycles. The minimum absolute atomic E-state index is 0.0237. The molecule has 1 amide bonds. The molecule has 2 heterocycles. The maximum Gasteiger partial charge on any atom is 0.267 e. The van der Waals surface area contributed by atoms with Crippen LogP contribution in [-0.4, -0.2) is 41.5 Å². The van der Waals surface area contributed by atoms with E-state index in [1.54, 1.807) is 23.0 Å².